The molecule has 3 N–H and O–H groups in total. The number of nitrogens with zero attached hydrogens (tertiary/aromatic N) is 2. The lowest BCUT2D eigenvalue weighted by Gasteiger charge is -2.10. The number of halogens is 2. The van der Waals surface area contributed by atoms with E-state index in [9.17, 15) is 4.39 Å². The predicted molar refractivity (Wildman–Crippen MR) is 74.2 cm³/mol. The number of nitrogens with one attached hydrogen (secondary N) is 1. The fourth-order valence-electron chi connectivity index (χ4n) is 1.45. The van der Waals surface area contributed by atoms with E-state index in [1.54, 1.807) is 18.6 Å². The molecule has 2 rings (SSSR count). The normalized spacial score (nSPS) is 10.5. The number of imidazole rings is 1. The van der Waals surface area contributed by atoms with Crippen molar-refractivity contribution in [1.82, 2.24) is 9.55 Å². The van der Waals surface area contributed by atoms with E-state index in [1.807, 2.05) is 33.4 Å². The zero-order valence-corrected chi connectivity index (χ0v) is 11.2. The van der Waals surface area contributed by atoms with Gasteiger partial charge in [0, 0.05) is 31.5 Å². The van der Waals surface area contributed by atoms with E-state index >= 15 is 0 Å². The maximum Gasteiger partial charge on any atom is 0.138 e. The SMILES string of the molecule is Nc1cc(I)c(F)cc1NCCn1ccnc1. The average molecular weight is 346 g/mol. The van der Waals surface area contributed by atoms with Gasteiger partial charge in [-0.1, -0.05) is 0 Å². The van der Waals surface area contributed by atoms with Gasteiger partial charge in [-0.15, -0.1) is 0 Å². The van der Waals surface area contributed by atoms with E-state index < -0.39 is 0 Å². The molecule has 0 aliphatic rings. The summed E-state index contributed by atoms with van der Waals surface area (Å²) in [5.41, 5.74) is 6.98. The molecular weight excluding hydrogens is 334 g/mol. The molecule has 17 heavy (non-hydrogen) atoms. The van der Waals surface area contributed by atoms with Gasteiger partial charge >= 0.3 is 0 Å². The van der Waals surface area contributed by atoms with Crippen molar-refractivity contribution in [1.29, 1.82) is 0 Å². The van der Waals surface area contributed by atoms with Gasteiger partial charge in [0.25, 0.3) is 0 Å². The van der Waals surface area contributed by atoms with Gasteiger partial charge in [0.05, 0.1) is 21.3 Å². The molecule has 1 heterocycles. The maximum atomic E-state index is 13.3. The largest absolute Gasteiger partial charge is 0.397 e. The second-order valence-corrected chi connectivity index (χ2v) is 4.74. The molecule has 2 aromatic rings. The number of hydrogen-bond acceptors (Lipinski definition) is 3. The van der Waals surface area contributed by atoms with Crippen molar-refractivity contribution in [3.63, 3.8) is 0 Å². The van der Waals surface area contributed by atoms with Crippen molar-refractivity contribution in [2.75, 3.05) is 17.6 Å². The van der Waals surface area contributed by atoms with E-state index in [4.69, 9.17) is 5.73 Å². The third-order valence-electron chi connectivity index (χ3n) is 2.34. The smallest absolute Gasteiger partial charge is 0.138 e. The minimum atomic E-state index is -0.259. The highest BCUT2D eigenvalue weighted by Crippen LogP contribution is 2.23. The average Bonchev–Trinajstić information content (AvgIpc) is 2.78. The number of rotatable bonds is 4. The van der Waals surface area contributed by atoms with Gasteiger partial charge in [0.15, 0.2) is 0 Å². The molecule has 0 aliphatic heterocycles. The van der Waals surface area contributed by atoms with Gasteiger partial charge < -0.3 is 15.6 Å². The zero-order chi connectivity index (χ0) is 12.3. The Morgan fingerprint density at radius 3 is 3.00 bits per heavy atom. The lowest BCUT2D eigenvalue weighted by molar-refractivity contribution is 0.620. The Kier molecular flexibility index (Phi) is 3.82. The number of benzene rings is 1. The minimum absolute atomic E-state index is 0.259. The second-order valence-electron chi connectivity index (χ2n) is 3.58. The first-order chi connectivity index (χ1) is 8.16. The molecule has 0 atom stereocenters. The summed E-state index contributed by atoms with van der Waals surface area (Å²) in [4.78, 5) is 3.94. The van der Waals surface area contributed by atoms with Crippen molar-refractivity contribution in [2.24, 2.45) is 0 Å². The van der Waals surface area contributed by atoms with E-state index in [1.165, 1.54) is 6.07 Å². The molecule has 1 aromatic heterocycles. The predicted octanol–water partition coefficient (Wildman–Crippen LogP) is 2.32. The highest BCUT2D eigenvalue weighted by atomic mass is 127. The van der Waals surface area contributed by atoms with Crippen LogP contribution in [0.3, 0.4) is 0 Å². The Labute approximate surface area is 112 Å². The summed E-state index contributed by atoms with van der Waals surface area (Å²) in [5, 5.41) is 3.10. The van der Waals surface area contributed by atoms with Gasteiger partial charge in [0.2, 0.25) is 0 Å². The monoisotopic (exact) mass is 346 g/mol. The van der Waals surface area contributed by atoms with Crippen molar-refractivity contribution >= 4 is 34.0 Å². The Morgan fingerprint density at radius 1 is 1.47 bits per heavy atom. The molecule has 90 valence electrons. The van der Waals surface area contributed by atoms with Gasteiger partial charge in [-0.3, -0.25) is 0 Å². The van der Waals surface area contributed by atoms with Gasteiger partial charge in [-0.05, 0) is 28.7 Å². The second kappa shape index (κ2) is 5.35. The first kappa shape index (κ1) is 12.2. The first-order valence-electron chi connectivity index (χ1n) is 5.11. The molecule has 0 aliphatic carbocycles. The molecule has 0 amide bonds. The van der Waals surface area contributed by atoms with Gasteiger partial charge in [0.1, 0.15) is 5.82 Å². The third kappa shape index (κ3) is 3.09. The summed E-state index contributed by atoms with van der Waals surface area (Å²) in [7, 11) is 0. The van der Waals surface area contributed by atoms with Crippen LogP contribution in [0.2, 0.25) is 0 Å². The third-order valence-corrected chi connectivity index (χ3v) is 3.16. The van der Waals surface area contributed by atoms with Crippen LogP contribution < -0.4 is 11.1 Å². The molecule has 4 nitrogen and oxygen atoms in total. The van der Waals surface area contributed by atoms with Crippen LogP contribution in [0.15, 0.2) is 30.9 Å². The van der Waals surface area contributed by atoms with E-state index in [0.29, 0.717) is 21.5 Å². The Morgan fingerprint density at radius 2 is 2.29 bits per heavy atom. The fourth-order valence-corrected chi connectivity index (χ4v) is 1.95. The summed E-state index contributed by atoms with van der Waals surface area (Å²) in [6.07, 6.45) is 5.33. The van der Waals surface area contributed by atoms with Crippen LogP contribution in [0, 0.1) is 9.39 Å². The number of hydrogen-bond donors (Lipinski definition) is 2. The Hall–Kier alpha value is -1.31. The van der Waals surface area contributed by atoms with Crippen molar-refractivity contribution in [3.05, 3.63) is 40.2 Å². The van der Waals surface area contributed by atoms with Gasteiger partial charge in [-0.25, -0.2) is 9.37 Å². The highest BCUT2D eigenvalue weighted by Gasteiger charge is 2.05. The van der Waals surface area contributed by atoms with E-state index in [2.05, 4.69) is 10.3 Å². The summed E-state index contributed by atoms with van der Waals surface area (Å²) >= 11 is 1.92. The molecule has 0 bridgehead atoms. The van der Waals surface area contributed by atoms with Crippen LogP contribution in [-0.4, -0.2) is 16.1 Å². The molecule has 0 saturated carbocycles. The van der Waals surface area contributed by atoms with E-state index in [-0.39, 0.29) is 5.82 Å². The highest BCUT2D eigenvalue weighted by molar-refractivity contribution is 14.1. The van der Waals surface area contributed by atoms with Crippen LogP contribution in [0.4, 0.5) is 15.8 Å². The van der Waals surface area contributed by atoms with Crippen LogP contribution in [0.25, 0.3) is 0 Å². The van der Waals surface area contributed by atoms with Crippen molar-refractivity contribution in [2.45, 2.75) is 6.54 Å². The minimum Gasteiger partial charge on any atom is -0.397 e. The standard InChI is InChI=1S/C11H12FIN4/c12-8-5-11(10(14)6-9(8)13)16-2-4-17-3-1-15-7-17/h1,3,5-7,16H,2,4,14H2. The quantitative estimate of drug-likeness (QED) is 0.660. The molecular formula is C11H12FIN4. The Balaban J connectivity index is 1.97. The molecule has 0 radical (unpaired) electrons. The molecule has 6 heteroatoms. The van der Waals surface area contributed by atoms with Crippen LogP contribution >= 0.6 is 22.6 Å². The van der Waals surface area contributed by atoms with Gasteiger partial charge in [-0.2, -0.15) is 0 Å². The lowest BCUT2D eigenvalue weighted by Crippen LogP contribution is -2.11. The van der Waals surface area contributed by atoms with Crippen molar-refractivity contribution < 1.29 is 4.39 Å². The summed E-state index contributed by atoms with van der Waals surface area (Å²) in [6, 6.07) is 3.04. The lowest BCUT2D eigenvalue weighted by atomic mass is 10.2. The first-order valence-corrected chi connectivity index (χ1v) is 6.19. The molecule has 1 aromatic carbocycles. The topological polar surface area (TPSA) is 55.9 Å². The summed E-state index contributed by atoms with van der Waals surface area (Å²) < 4.78 is 15.8. The summed E-state index contributed by atoms with van der Waals surface area (Å²) in [5.74, 6) is -0.259. The molecule has 0 spiro atoms. The number of nitrogens with two attached hydrogens (primary N) is 1. The maximum absolute atomic E-state index is 13.3. The molecule has 0 fully saturated rings. The summed E-state index contributed by atoms with van der Waals surface area (Å²) in [6.45, 7) is 1.42. The van der Waals surface area contributed by atoms with Crippen molar-refractivity contribution in [3.8, 4) is 0 Å². The fraction of sp³-hybridized carbons (Fsp3) is 0.182. The molecule has 0 saturated heterocycles. The number of anilines is 2. The Bertz CT molecular complexity index is 498. The van der Waals surface area contributed by atoms with E-state index in [0.717, 1.165) is 6.54 Å². The number of nitrogen functional groups attached to an aromatic ring is 1. The van der Waals surface area contributed by atoms with Crippen LogP contribution in [0.5, 0.6) is 0 Å². The number of aromatic nitrogens is 2. The molecule has 0 unspecified atom stereocenters. The van der Waals surface area contributed by atoms with Crippen LogP contribution in [0.1, 0.15) is 0 Å². The van der Waals surface area contributed by atoms with Crippen LogP contribution in [-0.2, 0) is 6.54 Å². The zero-order valence-electron chi connectivity index (χ0n) is 9.03.